The molecule has 0 N–H and O–H groups in total. The fraction of sp³-hybridized carbons (Fsp3) is 0.391. The highest BCUT2D eigenvalue weighted by atomic mass is 32.2. The molecular weight excluding hydrogens is 400 g/mol. The van der Waals surface area contributed by atoms with E-state index in [-0.39, 0.29) is 24.2 Å². The zero-order valence-corrected chi connectivity index (χ0v) is 18.3. The topological polar surface area (TPSA) is 59.1 Å². The Bertz CT molecular complexity index is 960. The maximum absolute atomic E-state index is 13.2. The lowest BCUT2D eigenvalue weighted by atomic mass is 9.97. The normalized spacial score (nSPS) is 18.4. The molecule has 1 fully saturated rings. The number of rotatable bonds is 5. The quantitative estimate of drug-likeness (QED) is 0.686. The highest BCUT2D eigenvalue weighted by Crippen LogP contribution is 2.34. The van der Waals surface area contributed by atoms with Crippen molar-refractivity contribution in [2.45, 2.75) is 24.3 Å². The number of thioether (sulfide) groups is 1. The van der Waals surface area contributed by atoms with Gasteiger partial charge in [0.25, 0.3) is 0 Å². The van der Waals surface area contributed by atoms with Crippen LogP contribution >= 0.6 is 11.8 Å². The molecular formula is C23H26N2O4S. The molecule has 2 aliphatic rings. The first-order chi connectivity index (χ1) is 14.5. The van der Waals surface area contributed by atoms with Gasteiger partial charge in [0.05, 0.1) is 20.1 Å². The Kier molecular flexibility index (Phi) is 5.90. The lowest BCUT2D eigenvalue weighted by Crippen LogP contribution is -2.40. The van der Waals surface area contributed by atoms with Crippen molar-refractivity contribution in [1.82, 2.24) is 4.90 Å². The average Bonchev–Trinajstić information content (AvgIpc) is 3.18. The highest BCUT2D eigenvalue weighted by molar-refractivity contribution is 7.98. The molecule has 0 aromatic heterocycles. The van der Waals surface area contributed by atoms with E-state index in [4.69, 9.17) is 9.47 Å². The Morgan fingerprint density at radius 3 is 2.37 bits per heavy atom. The van der Waals surface area contributed by atoms with Gasteiger partial charge < -0.3 is 19.3 Å². The molecule has 0 spiro atoms. The van der Waals surface area contributed by atoms with Crippen LogP contribution in [-0.4, -0.2) is 50.3 Å². The maximum atomic E-state index is 13.2. The summed E-state index contributed by atoms with van der Waals surface area (Å²) < 4.78 is 10.8. The van der Waals surface area contributed by atoms with Gasteiger partial charge in [0.1, 0.15) is 0 Å². The van der Waals surface area contributed by atoms with Crippen molar-refractivity contribution in [2.75, 3.05) is 38.5 Å². The molecule has 2 heterocycles. The van der Waals surface area contributed by atoms with Gasteiger partial charge in [-0.2, -0.15) is 0 Å². The molecule has 0 bridgehead atoms. The van der Waals surface area contributed by atoms with Crippen LogP contribution < -0.4 is 14.4 Å². The Hall–Kier alpha value is -2.67. The molecule has 1 unspecified atom stereocenters. The van der Waals surface area contributed by atoms with Crippen molar-refractivity contribution in [3.05, 3.63) is 47.5 Å². The number of anilines is 1. The fourth-order valence-corrected chi connectivity index (χ4v) is 4.62. The number of methoxy groups -OCH3 is 2. The average molecular weight is 427 g/mol. The molecule has 0 saturated carbocycles. The molecule has 0 aliphatic carbocycles. The largest absolute Gasteiger partial charge is 0.493 e. The van der Waals surface area contributed by atoms with Gasteiger partial charge in [-0.1, -0.05) is 0 Å². The number of nitrogens with zero attached hydrogens (tertiary/aromatic N) is 2. The van der Waals surface area contributed by atoms with Crippen LogP contribution in [-0.2, 0) is 22.6 Å². The lowest BCUT2D eigenvalue weighted by molar-refractivity contribution is -0.136. The number of hydrogen-bond donors (Lipinski definition) is 0. The number of fused-ring (bicyclic) bond motifs is 1. The van der Waals surface area contributed by atoms with Gasteiger partial charge in [-0.25, -0.2) is 0 Å². The standard InChI is InChI=1S/C23H26N2O4S/c1-28-20-10-15-8-9-24(13-16(15)11-21(20)29-2)23(27)17-12-22(26)25(14-17)18-4-6-19(30-3)7-5-18/h4-7,10-11,17H,8-9,12-14H2,1-3H3. The van der Waals surface area contributed by atoms with Crippen molar-refractivity contribution in [3.8, 4) is 11.5 Å². The first kappa shape index (κ1) is 20.6. The predicted molar refractivity (Wildman–Crippen MR) is 117 cm³/mol. The molecule has 1 saturated heterocycles. The summed E-state index contributed by atoms with van der Waals surface area (Å²) >= 11 is 1.66. The van der Waals surface area contributed by atoms with Crippen LogP contribution in [0, 0.1) is 5.92 Å². The van der Waals surface area contributed by atoms with Crippen LogP contribution in [0.5, 0.6) is 11.5 Å². The van der Waals surface area contributed by atoms with Crippen LogP contribution in [0.4, 0.5) is 5.69 Å². The van der Waals surface area contributed by atoms with E-state index in [0.29, 0.717) is 31.1 Å². The minimum atomic E-state index is -0.306. The third kappa shape index (κ3) is 3.86. The van der Waals surface area contributed by atoms with Crippen LogP contribution in [0.1, 0.15) is 17.5 Å². The lowest BCUT2D eigenvalue weighted by Gasteiger charge is -2.31. The number of benzene rings is 2. The van der Waals surface area contributed by atoms with Gasteiger partial charge in [-0.15, -0.1) is 11.8 Å². The van der Waals surface area contributed by atoms with E-state index in [1.54, 1.807) is 30.9 Å². The number of carbonyl (C=O) groups excluding carboxylic acids is 2. The van der Waals surface area contributed by atoms with Gasteiger partial charge in [-0.05, 0) is 60.2 Å². The second-order valence-corrected chi connectivity index (χ2v) is 8.47. The molecule has 2 aromatic rings. The zero-order chi connectivity index (χ0) is 21.3. The van der Waals surface area contributed by atoms with Crippen molar-refractivity contribution in [1.29, 1.82) is 0 Å². The summed E-state index contributed by atoms with van der Waals surface area (Å²) in [5.74, 6) is 1.13. The molecule has 158 valence electrons. The van der Waals surface area contributed by atoms with Crippen LogP contribution in [0.15, 0.2) is 41.3 Å². The summed E-state index contributed by atoms with van der Waals surface area (Å²) in [6, 6.07) is 11.9. The molecule has 2 aliphatic heterocycles. The van der Waals surface area contributed by atoms with Crippen molar-refractivity contribution >= 4 is 29.3 Å². The number of hydrogen-bond acceptors (Lipinski definition) is 5. The van der Waals surface area contributed by atoms with E-state index >= 15 is 0 Å². The second kappa shape index (κ2) is 8.60. The third-order valence-corrected chi connectivity index (χ3v) is 6.63. The minimum absolute atomic E-state index is 0.00840. The fourth-order valence-electron chi connectivity index (χ4n) is 4.21. The Morgan fingerprint density at radius 1 is 1.07 bits per heavy atom. The van der Waals surface area contributed by atoms with Crippen LogP contribution in [0.25, 0.3) is 0 Å². The third-order valence-electron chi connectivity index (χ3n) is 5.89. The Morgan fingerprint density at radius 2 is 1.73 bits per heavy atom. The molecule has 1 atom stereocenters. The first-order valence-electron chi connectivity index (χ1n) is 10.0. The van der Waals surface area contributed by atoms with Crippen LogP contribution in [0.3, 0.4) is 0 Å². The second-order valence-electron chi connectivity index (χ2n) is 7.59. The van der Waals surface area contributed by atoms with Crippen LogP contribution in [0.2, 0.25) is 0 Å². The van der Waals surface area contributed by atoms with E-state index in [2.05, 4.69) is 0 Å². The number of amides is 2. The smallest absolute Gasteiger partial charge is 0.228 e. The van der Waals surface area contributed by atoms with Gasteiger partial charge >= 0.3 is 0 Å². The summed E-state index contributed by atoms with van der Waals surface area (Å²) in [7, 11) is 3.24. The highest BCUT2D eigenvalue weighted by Gasteiger charge is 2.38. The molecule has 7 heteroatoms. The first-order valence-corrected chi connectivity index (χ1v) is 11.2. The van der Waals surface area contributed by atoms with E-state index < -0.39 is 0 Å². The number of carbonyl (C=O) groups is 2. The molecule has 0 radical (unpaired) electrons. The SMILES string of the molecule is COc1cc2c(cc1OC)CN(C(=O)C1CC(=O)N(c3ccc(SC)cc3)C1)CC2. The Labute approximate surface area is 181 Å². The van der Waals surface area contributed by atoms with Crippen molar-refractivity contribution < 1.29 is 19.1 Å². The van der Waals surface area contributed by atoms with Gasteiger partial charge in [0, 0.05) is 36.6 Å². The van der Waals surface area contributed by atoms with Gasteiger partial charge in [0.15, 0.2) is 11.5 Å². The van der Waals surface area contributed by atoms with E-state index in [1.807, 2.05) is 47.6 Å². The molecule has 6 nitrogen and oxygen atoms in total. The summed E-state index contributed by atoms with van der Waals surface area (Å²) in [4.78, 5) is 30.5. The summed E-state index contributed by atoms with van der Waals surface area (Å²) in [5, 5.41) is 0. The van der Waals surface area contributed by atoms with Gasteiger partial charge in [0.2, 0.25) is 11.8 Å². The van der Waals surface area contributed by atoms with E-state index in [1.165, 1.54) is 5.56 Å². The summed E-state index contributed by atoms with van der Waals surface area (Å²) in [6.45, 7) is 1.61. The van der Waals surface area contributed by atoms with E-state index in [0.717, 1.165) is 22.6 Å². The number of ether oxygens (including phenoxy) is 2. The van der Waals surface area contributed by atoms with Gasteiger partial charge in [-0.3, -0.25) is 9.59 Å². The Balaban J connectivity index is 1.47. The van der Waals surface area contributed by atoms with E-state index in [9.17, 15) is 9.59 Å². The monoisotopic (exact) mass is 426 g/mol. The summed E-state index contributed by atoms with van der Waals surface area (Å²) in [5.41, 5.74) is 3.10. The zero-order valence-electron chi connectivity index (χ0n) is 17.5. The van der Waals surface area contributed by atoms with Crippen molar-refractivity contribution in [3.63, 3.8) is 0 Å². The maximum Gasteiger partial charge on any atom is 0.228 e. The molecule has 4 rings (SSSR count). The molecule has 2 aromatic carbocycles. The molecule has 30 heavy (non-hydrogen) atoms. The summed E-state index contributed by atoms with van der Waals surface area (Å²) in [6.07, 6.45) is 3.05. The predicted octanol–water partition coefficient (Wildman–Crippen LogP) is 3.36. The molecule has 2 amide bonds. The van der Waals surface area contributed by atoms with Crippen molar-refractivity contribution in [2.24, 2.45) is 5.92 Å². The minimum Gasteiger partial charge on any atom is -0.493 e.